The second-order valence-electron chi connectivity index (χ2n) is 15.8. The summed E-state index contributed by atoms with van der Waals surface area (Å²) in [6.45, 7) is 14.9. The SMILES string of the molecule is C=C(C)C(=O)Cl.C=C(C)C(=O)OCc1ccc(OCC2CO2)c(OC)c1.COc1cc(CO)ccc1O.COc1cc(CO)ccc1OCC1CO1.COc1cc(CO)ccc1OCC1CO1.ClCC1CO1.[Na+].[OH-]. The topological polar surface area (TPSA) is 269 Å². The van der Waals surface area contributed by atoms with Crippen molar-refractivity contribution in [3.63, 3.8) is 0 Å². The van der Waals surface area contributed by atoms with Gasteiger partial charge in [-0.05, 0) is 96.2 Å². The van der Waals surface area contributed by atoms with E-state index in [0.717, 1.165) is 48.7 Å². The molecule has 22 heteroatoms. The summed E-state index contributed by atoms with van der Waals surface area (Å²) in [7, 11) is 6.20. The molecule has 4 aromatic rings. The van der Waals surface area contributed by atoms with Crippen molar-refractivity contribution in [2.75, 3.05) is 80.6 Å². The predicted molar refractivity (Wildman–Crippen MR) is 270 cm³/mol. The first-order valence-corrected chi connectivity index (χ1v) is 23.3. The smallest absolute Gasteiger partial charge is 0.870 e. The van der Waals surface area contributed by atoms with Crippen LogP contribution in [0.3, 0.4) is 0 Å². The molecule has 0 radical (unpaired) electrons. The third kappa shape index (κ3) is 27.6. The van der Waals surface area contributed by atoms with E-state index in [1.54, 1.807) is 83.7 Å². The number of methoxy groups -OCH3 is 4. The van der Waals surface area contributed by atoms with E-state index < -0.39 is 11.2 Å². The van der Waals surface area contributed by atoms with Crippen LogP contribution >= 0.6 is 23.2 Å². The zero-order valence-corrected chi connectivity index (χ0v) is 46.4. The fourth-order valence-electron chi connectivity index (χ4n) is 5.07. The molecule has 0 amide bonds. The van der Waals surface area contributed by atoms with E-state index in [9.17, 15) is 9.59 Å². The van der Waals surface area contributed by atoms with Crippen LogP contribution in [0.15, 0.2) is 97.1 Å². The number of phenols is 1. The Labute approximate surface area is 464 Å². The number of aromatic hydroxyl groups is 1. The molecule has 74 heavy (non-hydrogen) atoms. The third-order valence-corrected chi connectivity index (χ3v) is 10.3. The average Bonchev–Trinajstić information content (AvgIpc) is 4.18. The van der Waals surface area contributed by atoms with E-state index >= 15 is 0 Å². The molecule has 4 saturated heterocycles. The summed E-state index contributed by atoms with van der Waals surface area (Å²) in [4.78, 5) is 21.1. The minimum absolute atomic E-state index is 0. The Bertz CT molecular complexity index is 2220. The van der Waals surface area contributed by atoms with Crippen LogP contribution < -0.4 is 62.7 Å². The number of hydrogen-bond acceptors (Lipinski definition) is 19. The second kappa shape index (κ2) is 37.0. The van der Waals surface area contributed by atoms with Crippen molar-refractivity contribution in [1.82, 2.24) is 0 Å². The van der Waals surface area contributed by atoms with Crippen molar-refractivity contribution in [3.8, 4) is 46.0 Å². The molecule has 4 aliphatic heterocycles. The Morgan fingerprint density at radius 2 is 0.865 bits per heavy atom. The van der Waals surface area contributed by atoms with Crippen molar-refractivity contribution in [2.45, 2.75) is 64.7 Å². The van der Waals surface area contributed by atoms with Crippen LogP contribution in [0.25, 0.3) is 0 Å². The van der Waals surface area contributed by atoms with Gasteiger partial charge in [-0.3, -0.25) is 4.79 Å². The number of benzene rings is 4. The molecule has 4 fully saturated rings. The number of epoxide rings is 4. The molecule has 0 spiro atoms. The van der Waals surface area contributed by atoms with Gasteiger partial charge < -0.3 is 82.7 Å². The van der Waals surface area contributed by atoms with Gasteiger partial charge in [0.25, 0.3) is 0 Å². The summed E-state index contributed by atoms with van der Waals surface area (Å²) in [6, 6.07) is 20.9. The number of hydrogen-bond donors (Lipinski definition) is 4. The molecule has 4 atom stereocenters. The van der Waals surface area contributed by atoms with E-state index in [0.29, 0.717) is 83.2 Å². The first kappa shape index (κ1) is 67.2. The van der Waals surface area contributed by atoms with E-state index in [-0.39, 0.29) is 85.5 Å². The van der Waals surface area contributed by atoms with Crippen LogP contribution in [0, 0.1) is 0 Å². The number of allylic oxidation sites excluding steroid dienone is 1. The van der Waals surface area contributed by atoms with Crippen LogP contribution in [-0.2, 0) is 59.7 Å². The normalized spacial score (nSPS) is 16.4. The monoisotopic (exact) mass is 1090 g/mol. The van der Waals surface area contributed by atoms with Gasteiger partial charge in [-0.2, -0.15) is 0 Å². The summed E-state index contributed by atoms with van der Waals surface area (Å²) in [5.41, 5.74) is 3.92. The predicted octanol–water partition coefficient (Wildman–Crippen LogP) is 3.69. The number of aliphatic hydroxyl groups is 3. The summed E-state index contributed by atoms with van der Waals surface area (Å²) < 4.78 is 62.0. The third-order valence-electron chi connectivity index (χ3n) is 9.59. The number of alkyl halides is 1. The van der Waals surface area contributed by atoms with Gasteiger partial charge in [0.2, 0.25) is 5.24 Å². The Hall–Kier alpha value is -4.84. The van der Waals surface area contributed by atoms with Crippen molar-refractivity contribution in [3.05, 3.63) is 119 Å². The van der Waals surface area contributed by atoms with Gasteiger partial charge in [0.15, 0.2) is 46.0 Å². The Morgan fingerprint density at radius 1 is 0.554 bits per heavy atom. The number of aliphatic hydroxyl groups excluding tert-OH is 3. The van der Waals surface area contributed by atoms with Gasteiger partial charge in [0.05, 0.1) is 86.7 Å². The van der Waals surface area contributed by atoms with Gasteiger partial charge in [0, 0.05) is 11.1 Å². The standard InChI is InChI=1S/C15H18O5.2C11H14O4.C8H10O3.C4H5ClO.C3H5ClO.Na.H2O/c1-10(2)15(16)20-7-11-4-5-13(14(6-11)17-3)19-9-12-8-18-12;2*1-13-11-4-8(5-12)2-3-10(11)15-7-9-6-14-9;1-11-8-4-6(5-9)2-3-7(8)10;1-3(2)4(5)6;4-1-3-2-5-3;;/h4-6,12H,1,7-9H2,2-3H3;2*2-4,9,12H,5-7H2,1H3;2-4,9-10H,5H2,1H3;1H2,2H3;3H,1-2H2;;1H2/q;;;;;;+1;/p-1. The maximum absolute atomic E-state index is 11.3. The van der Waals surface area contributed by atoms with Crippen molar-refractivity contribution in [1.29, 1.82) is 0 Å². The molecule has 404 valence electrons. The minimum atomic E-state index is -0.463. The molecule has 4 aromatic carbocycles. The van der Waals surface area contributed by atoms with Crippen LogP contribution in [0.4, 0.5) is 0 Å². The Morgan fingerprint density at radius 3 is 1.14 bits per heavy atom. The minimum Gasteiger partial charge on any atom is -0.870 e. The number of rotatable bonds is 21. The molecule has 4 unspecified atom stereocenters. The molecule has 0 aliphatic carbocycles. The van der Waals surface area contributed by atoms with Crippen LogP contribution in [0.5, 0.6) is 46.0 Å². The Kier molecular flexibility index (Phi) is 33.6. The number of carbonyl (C=O) groups excluding carboxylic acids is 2. The maximum Gasteiger partial charge on any atom is 1.00 e. The summed E-state index contributed by atoms with van der Waals surface area (Å²) in [5, 5.41) is 35.3. The van der Waals surface area contributed by atoms with E-state index in [1.807, 2.05) is 18.2 Å². The molecule has 8 rings (SSSR count). The molecule has 4 heterocycles. The molecule has 19 nitrogen and oxygen atoms in total. The fraction of sp³-hybridized carbons (Fsp3) is 0.423. The van der Waals surface area contributed by atoms with Crippen LogP contribution in [-0.4, -0.2) is 142 Å². The molecular weight excluding hydrogens is 1020 g/mol. The number of phenolic OH excluding ortho intramolecular Hbond substituents is 1. The van der Waals surface area contributed by atoms with Gasteiger partial charge in [-0.15, -0.1) is 11.6 Å². The fourth-order valence-corrected chi connectivity index (χ4v) is 5.25. The van der Waals surface area contributed by atoms with Gasteiger partial charge in [-0.25, -0.2) is 4.79 Å². The molecular formula is C52H67Cl2NaO19. The number of halogens is 2. The molecule has 0 saturated carbocycles. The van der Waals surface area contributed by atoms with Crippen molar-refractivity contribution in [2.24, 2.45) is 0 Å². The summed E-state index contributed by atoms with van der Waals surface area (Å²) in [5.74, 6) is 4.64. The van der Waals surface area contributed by atoms with Crippen LogP contribution in [0.2, 0.25) is 0 Å². The average molecular weight is 1090 g/mol. The molecule has 5 N–H and O–H groups in total. The molecule has 4 aliphatic rings. The van der Waals surface area contributed by atoms with Crippen LogP contribution in [0.1, 0.15) is 36.1 Å². The number of ether oxygens (including phenoxy) is 12. The molecule has 0 aromatic heterocycles. The maximum atomic E-state index is 11.3. The van der Waals surface area contributed by atoms with Gasteiger partial charge in [-0.1, -0.05) is 37.4 Å². The quantitative estimate of drug-likeness (QED) is 0.0231. The summed E-state index contributed by atoms with van der Waals surface area (Å²) in [6.07, 6.45) is 1.05. The molecule has 0 bridgehead atoms. The number of esters is 1. The first-order chi connectivity index (χ1) is 34.6. The van der Waals surface area contributed by atoms with Gasteiger partial charge in [0.1, 0.15) is 44.7 Å². The Balaban J connectivity index is 0.000000463. The van der Waals surface area contributed by atoms with E-state index in [1.165, 1.54) is 13.2 Å². The summed E-state index contributed by atoms with van der Waals surface area (Å²) >= 11 is 10.1. The van der Waals surface area contributed by atoms with Crippen molar-refractivity contribution >= 4 is 34.4 Å². The largest absolute Gasteiger partial charge is 1.00 e. The van der Waals surface area contributed by atoms with E-state index in [4.69, 9.17) is 100 Å². The van der Waals surface area contributed by atoms with Crippen molar-refractivity contribution < 1.29 is 122 Å². The zero-order chi connectivity index (χ0) is 53.0. The van der Waals surface area contributed by atoms with E-state index in [2.05, 4.69) is 13.2 Å². The van der Waals surface area contributed by atoms with Gasteiger partial charge >= 0.3 is 35.5 Å². The number of carbonyl (C=O) groups is 2. The second-order valence-corrected chi connectivity index (χ2v) is 16.4. The first-order valence-electron chi connectivity index (χ1n) is 22.4. The zero-order valence-electron chi connectivity index (χ0n) is 42.8.